The number of benzene rings is 1. The summed E-state index contributed by atoms with van der Waals surface area (Å²) in [5.74, 6) is -0.729. The molecule has 0 heterocycles. The van der Waals surface area contributed by atoms with Crippen LogP contribution in [0.3, 0.4) is 0 Å². The molecule has 1 aliphatic carbocycles. The van der Waals surface area contributed by atoms with E-state index in [0.717, 1.165) is 6.42 Å². The van der Waals surface area contributed by atoms with Gasteiger partial charge in [0.1, 0.15) is 5.75 Å². The number of hydrogen-bond donors (Lipinski definition) is 1. The van der Waals surface area contributed by atoms with Gasteiger partial charge in [0, 0.05) is 5.56 Å². The largest absolute Gasteiger partial charge is 0.497 e. The smallest absolute Gasteiger partial charge is 0.309 e. The Morgan fingerprint density at radius 3 is 2.38 bits per heavy atom. The van der Waals surface area contributed by atoms with Crippen LogP contribution in [-0.4, -0.2) is 31.5 Å². The van der Waals surface area contributed by atoms with Gasteiger partial charge < -0.3 is 9.47 Å². The molecule has 1 aromatic carbocycles. The van der Waals surface area contributed by atoms with E-state index < -0.39 is 18.4 Å². The summed E-state index contributed by atoms with van der Waals surface area (Å²) in [6.07, 6.45) is 0.797. The van der Waals surface area contributed by atoms with Gasteiger partial charge in [0.15, 0.2) is 6.61 Å². The molecule has 0 bridgehead atoms. The highest BCUT2D eigenvalue weighted by molar-refractivity contribution is 6.05. The molecule has 0 saturated heterocycles. The molecule has 0 aliphatic heterocycles. The fourth-order valence-corrected chi connectivity index (χ4v) is 1.87. The zero-order valence-corrected chi connectivity index (χ0v) is 11.9. The predicted octanol–water partition coefficient (Wildman–Crippen LogP) is 1.15. The second-order valence-corrected chi connectivity index (χ2v) is 5.03. The normalized spacial score (nSPS) is 19.5. The first-order valence-electron chi connectivity index (χ1n) is 6.66. The number of ether oxygens (including phenoxy) is 2. The van der Waals surface area contributed by atoms with Crippen molar-refractivity contribution in [1.29, 1.82) is 0 Å². The van der Waals surface area contributed by atoms with Gasteiger partial charge in [-0.3, -0.25) is 19.7 Å². The molecular weight excluding hydrogens is 274 g/mol. The minimum Gasteiger partial charge on any atom is -0.497 e. The highest BCUT2D eigenvalue weighted by Gasteiger charge is 2.40. The van der Waals surface area contributed by atoms with Gasteiger partial charge in [-0.05, 0) is 36.6 Å². The first-order chi connectivity index (χ1) is 10.0. The lowest BCUT2D eigenvalue weighted by atomic mass is 10.2. The Bertz CT molecular complexity index is 552. The summed E-state index contributed by atoms with van der Waals surface area (Å²) in [6.45, 7) is 1.50. The Morgan fingerprint density at radius 1 is 1.24 bits per heavy atom. The number of rotatable bonds is 5. The Kier molecular flexibility index (Phi) is 4.57. The van der Waals surface area contributed by atoms with Gasteiger partial charge in [-0.1, -0.05) is 6.92 Å². The summed E-state index contributed by atoms with van der Waals surface area (Å²) < 4.78 is 9.82. The number of hydrogen-bond acceptors (Lipinski definition) is 5. The average Bonchev–Trinajstić information content (AvgIpc) is 3.22. The van der Waals surface area contributed by atoms with Gasteiger partial charge in [0.05, 0.1) is 13.0 Å². The second-order valence-electron chi connectivity index (χ2n) is 5.03. The van der Waals surface area contributed by atoms with Crippen LogP contribution in [0.2, 0.25) is 0 Å². The molecule has 1 fully saturated rings. The molecule has 0 radical (unpaired) electrons. The van der Waals surface area contributed by atoms with Crippen molar-refractivity contribution >= 4 is 17.8 Å². The first kappa shape index (κ1) is 15.0. The van der Waals surface area contributed by atoms with Crippen molar-refractivity contribution in [1.82, 2.24) is 5.32 Å². The lowest BCUT2D eigenvalue weighted by Crippen LogP contribution is -2.34. The van der Waals surface area contributed by atoms with Crippen LogP contribution in [0.4, 0.5) is 0 Å². The van der Waals surface area contributed by atoms with Gasteiger partial charge in [-0.15, -0.1) is 0 Å². The number of carbonyl (C=O) groups excluding carboxylic acids is 3. The van der Waals surface area contributed by atoms with Crippen molar-refractivity contribution in [3.63, 3.8) is 0 Å². The molecule has 6 heteroatoms. The SMILES string of the molecule is COc1ccc(C(=O)NC(=O)COC(=O)[C@H]2C[C@@H]2C)cc1. The molecule has 112 valence electrons. The molecule has 1 aromatic rings. The van der Waals surface area contributed by atoms with Crippen LogP contribution in [0.15, 0.2) is 24.3 Å². The van der Waals surface area contributed by atoms with E-state index >= 15 is 0 Å². The molecule has 1 N–H and O–H groups in total. The van der Waals surface area contributed by atoms with E-state index in [0.29, 0.717) is 17.2 Å². The Hall–Kier alpha value is -2.37. The molecule has 21 heavy (non-hydrogen) atoms. The Balaban J connectivity index is 1.78. The molecule has 0 aromatic heterocycles. The van der Waals surface area contributed by atoms with Crippen molar-refractivity contribution in [2.24, 2.45) is 11.8 Å². The van der Waals surface area contributed by atoms with E-state index in [9.17, 15) is 14.4 Å². The van der Waals surface area contributed by atoms with Gasteiger partial charge in [0.25, 0.3) is 11.8 Å². The quantitative estimate of drug-likeness (QED) is 0.823. The molecule has 2 amide bonds. The summed E-state index contributed by atoms with van der Waals surface area (Å²) in [5, 5.41) is 2.16. The summed E-state index contributed by atoms with van der Waals surface area (Å²) in [4.78, 5) is 34.8. The lowest BCUT2D eigenvalue weighted by molar-refractivity contribution is -0.149. The van der Waals surface area contributed by atoms with E-state index in [1.54, 1.807) is 24.3 Å². The van der Waals surface area contributed by atoms with Crippen LogP contribution in [0, 0.1) is 11.8 Å². The zero-order valence-electron chi connectivity index (χ0n) is 11.9. The number of imide groups is 1. The molecule has 6 nitrogen and oxygen atoms in total. The molecule has 2 rings (SSSR count). The minimum atomic E-state index is -0.641. The molecule has 0 unspecified atom stereocenters. The maximum absolute atomic E-state index is 11.8. The monoisotopic (exact) mass is 291 g/mol. The lowest BCUT2D eigenvalue weighted by Gasteiger charge is -2.06. The predicted molar refractivity (Wildman–Crippen MR) is 73.7 cm³/mol. The number of methoxy groups -OCH3 is 1. The third kappa shape index (κ3) is 4.05. The van der Waals surface area contributed by atoms with E-state index in [1.165, 1.54) is 7.11 Å². The van der Waals surface area contributed by atoms with Crippen LogP contribution in [0.25, 0.3) is 0 Å². The highest BCUT2D eigenvalue weighted by atomic mass is 16.5. The fraction of sp³-hybridized carbons (Fsp3) is 0.400. The standard InChI is InChI=1S/C15H17NO5/c1-9-7-12(9)15(19)21-8-13(17)16-14(18)10-3-5-11(20-2)6-4-10/h3-6,9,12H,7-8H2,1-2H3,(H,16,17,18)/t9-,12-/m0/s1. The van der Waals surface area contributed by atoms with Crippen molar-refractivity contribution < 1.29 is 23.9 Å². The van der Waals surface area contributed by atoms with E-state index in [4.69, 9.17) is 9.47 Å². The van der Waals surface area contributed by atoms with E-state index in [1.807, 2.05) is 6.92 Å². The molecule has 1 aliphatic rings. The maximum Gasteiger partial charge on any atom is 0.309 e. The average molecular weight is 291 g/mol. The fourth-order valence-electron chi connectivity index (χ4n) is 1.87. The second kappa shape index (κ2) is 6.39. The Morgan fingerprint density at radius 2 is 1.86 bits per heavy atom. The van der Waals surface area contributed by atoms with Crippen LogP contribution in [0.5, 0.6) is 5.75 Å². The van der Waals surface area contributed by atoms with Gasteiger partial charge in [-0.2, -0.15) is 0 Å². The van der Waals surface area contributed by atoms with E-state index in [-0.39, 0.29) is 11.9 Å². The van der Waals surface area contributed by atoms with Crippen LogP contribution in [-0.2, 0) is 14.3 Å². The van der Waals surface area contributed by atoms with Gasteiger partial charge in [0.2, 0.25) is 0 Å². The number of carbonyl (C=O) groups is 3. The summed E-state index contributed by atoms with van der Waals surface area (Å²) in [7, 11) is 1.52. The maximum atomic E-state index is 11.8. The Labute approximate surface area is 122 Å². The van der Waals surface area contributed by atoms with Gasteiger partial charge >= 0.3 is 5.97 Å². The summed E-state index contributed by atoms with van der Waals surface area (Å²) in [5.41, 5.74) is 0.325. The van der Waals surface area contributed by atoms with Crippen LogP contribution < -0.4 is 10.1 Å². The third-order valence-electron chi connectivity index (χ3n) is 3.36. The van der Waals surface area contributed by atoms with Crippen molar-refractivity contribution in [3.8, 4) is 5.75 Å². The summed E-state index contributed by atoms with van der Waals surface area (Å²) in [6, 6.07) is 6.32. The van der Waals surface area contributed by atoms with Crippen molar-refractivity contribution in [2.75, 3.05) is 13.7 Å². The van der Waals surface area contributed by atoms with Gasteiger partial charge in [-0.25, -0.2) is 0 Å². The van der Waals surface area contributed by atoms with E-state index in [2.05, 4.69) is 5.32 Å². The topological polar surface area (TPSA) is 81.7 Å². The van der Waals surface area contributed by atoms with Crippen molar-refractivity contribution in [3.05, 3.63) is 29.8 Å². The highest BCUT2D eigenvalue weighted by Crippen LogP contribution is 2.38. The number of amides is 2. The molecule has 0 spiro atoms. The minimum absolute atomic E-state index is 0.102. The molecule has 1 saturated carbocycles. The van der Waals surface area contributed by atoms with Crippen LogP contribution in [0.1, 0.15) is 23.7 Å². The first-order valence-corrected chi connectivity index (χ1v) is 6.66. The molecular formula is C15H17NO5. The summed E-state index contributed by atoms with van der Waals surface area (Å²) >= 11 is 0. The third-order valence-corrected chi connectivity index (χ3v) is 3.36. The zero-order chi connectivity index (χ0) is 15.4. The van der Waals surface area contributed by atoms with Crippen molar-refractivity contribution in [2.45, 2.75) is 13.3 Å². The number of esters is 1. The molecule has 2 atom stereocenters. The van der Waals surface area contributed by atoms with Crippen LogP contribution >= 0.6 is 0 Å². The number of nitrogens with one attached hydrogen (secondary N) is 1.